The van der Waals surface area contributed by atoms with Crippen molar-refractivity contribution in [2.24, 2.45) is 5.14 Å². The molecule has 3 aromatic rings. The van der Waals surface area contributed by atoms with Crippen LogP contribution in [0.3, 0.4) is 0 Å². The molecular weight excluding hydrogens is 406 g/mol. The lowest BCUT2D eigenvalue weighted by molar-refractivity contribution is -0.132. The molecule has 3 aromatic carbocycles. The van der Waals surface area contributed by atoms with Gasteiger partial charge in [0.15, 0.2) is 5.60 Å². The van der Waals surface area contributed by atoms with Crippen LogP contribution in [0, 0.1) is 0 Å². The molecule has 1 unspecified atom stereocenters. The normalized spacial score (nSPS) is 20.4. The number of hydrogen-bond donors (Lipinski definition) is 2. The third-order valence-electron chi connectivity index (χ3n) is 6.30. The second-order valence-corrected chi connectivity index (χ2v) is 8.83. The fourth-order valence-corrected chi connectivity index (χ4v) is 4.91. The SMILES string of the molecule is NSc1ccc(C2(O)C(=O)N(Cc3ccc(N4CCCC4)cc3)c3ccccc32)cc1. The molecule has 0 aliphatic carbocycles. The van der Waals surface area contributed by atoms with Gasteiger partial charge < -0.3 is 14.9 Å². The van der Waals surface area contributed by atoms with E-state index in [4.69, 9.17) is 5.14 Å². The molecule has 5 nitrogen and oxygen atoms in total. The molecule has 1 saturated heterocycles. The molecule has 31 heavy (non-hydrogen) atoms. The zero-order valence-electron chi connectivity index (χ0n) is 17.2. The summed E-state index contributed by atoms with van der Waals surface area (Å²) in [5.41, 5.74) is 2.46. The third-order valence-corrected chi connectivity index (χ3v) is 6.84. The van der Waals surface area contributed by atoms with Gasteiger partial charge >= 0.3 is 0 Å². The Balaban J connectivity index is 1.46. The van der Waals surface area contributed by atoms with Gasteiger partial charge in [0, 0.05) is 29.2 Å². The number of hydrogen-bond acceptors (Lipinski definition) is 5. The van der Waals surface area contributed by atoms with Crippen LogP contribution >= 0.6 is 11.9 Å². The maximum Gasteiger partial charge on any atom is 0.268 e. The van der Waals surface area contributed by atoms with Crippen molar-refractivity contribution in [2.75, 3.05) is 22.9 Å². The maximum atomic E-state index is 13.6. The van der Waals surface area contributed by atoms with Crippen molar-refractivity contribution in [1.29, 1.82) is 0 Å². The van der Waals surface area contributed by atoms with Crippen LogP contribution in [0.5, 0.6) is 0 Å². The van der Waals surface area contributed by atoms with Crippen LogP contribution in [-0.2, 0) is 16.9 Å². The molecule has 2 aliphatic rings. The van der Waals surface area contributed by atoms with Gasteiger partial charge in [-0.25, -0.2) is 0 Å². The van der Waals surface area contributed by atoms with Crippen molar-refractivity contribution in [3.63, 3.8) is 0 Å². The Hall–Kier alpha value is -2.80. The zero-order chi connectivity index (χ0) is 21.4. The number of nitrogens with two attached hydrogens (primary N) is 1. The summed E-state index contributed by atoms with van der Waals surface area (Å²) in [4.78, 5) is 18.5. The lowest BCUT2D eigenvalue weighted by Crippen LogP contribution is -2.40. The molecule has 158 valence electrons. The first-order valence-corrected chi connectivity index (χ1v) is 11.4. The molecule has 1 fully saturated rings. The number of aliphatic hydroxyl groups is 1. The van der Waals surface area contributed by atoms with Crippen LogP contribution in [0.15, 0.2) is 77.7 Å². The van der Waals surface area contributed by atoms with Gasteiger partial charge in [0.05, 0.1) is 12.2 Å². The summed E-state index contributed by atoms with van der Waals surface area (Å²) in [5.74, 6) is -0.328. The largest absolute Gasteiger partial charge is 0.372 e. The lowest BCUT2D eigenvalue weighted by atomic mass is 9.87. The van der Waals surface area contributed by atoms with Crippen LogP contribution in [0.25, 0.3) is 0 Å². The topological polar surface area (TPSA) is 69.8 Å². The van der Waals surface area contributed by atoms with E-state index < -0.39 is 5.60 Å². The Morgan fingerprint density at radius 3 is 2.29 bits per heavy atom. The second-order valence-electron chi connectivity index (χ2n) is 8.12. The summed E-state index contributed by atoms with van der Waals surface area (Å²) in [5, 5.41) is 17.3. The molecule has 3 N–H and O–H groups in total. The van der Waals surface area contributed by atoms with E-state index in [2.05, 4.69) is 29.2 Å². The first kappa shape index (κ1) is 20.1. The minimum absolute atomic E-state index is 0.328. The first-order valence-electron chi connectivity index (χ1n) is 10.6. The van der Waals surface area contributed by atoms with E-state index in [1.54, 1.807) is 17.0 Å². The Morgan fingerprint density at radius 2 is 1.61 bits per heavy atom. The molecule has 2 aliphatic heterocycles. The summed E-state index contributed by atoms with van der Waals surface area (Å²) < 4.78 is 0. The summed E-state index contributed by atoms with van der Waals surface area (Å²) in [6.45, 7) is 2.62. The number of anilines is 2. The number of carbonyl (C=O) groups is 1. The fraction of sp³-hybridized carbons (Fsp3) is 0.240. The Labute approximate surface area is 186 Å². The number of para-hydroxylation sites is 1. The van der Waals surface area contributed by atoms with Gasteiger partial charge in [-0.15, -0.1) is 0 Å². The van der Waals surface area contributed by atoms with Crippen molar-refractivity contribution in [3.05, 3.63) is 89.5 Å². The minimum atomic E-state index is -1.70. The van der Waals surface area contributed by atoms with Gasteiger partial charge in [0.2, 0.25) is 0 Å². The molecule has 1 amide bonds. The van der Waals surface area contributed by atoms with Gasteiger partial charge in [-0.1, -0.05) is 42.5 Å². The van der Waals surface area contributed by atoms with E-state index in [9.17, 15) is 9.90 Å². The standard InChI is InChI=1S/C25H25N3O2S/c26-31-21-13-9-19(10-14-21)25(30)22-5-1-2-6-23(22)28(24(25)29)17-18-7-11-20(12-8-18)27-15-3-4-16-27/h1-2,5-14,30H,3-4,15-17,26H2. The molecule has 0 spiro atoms. The van der Waals surface area contributed by atoms with Gasteiger partial charge in [0.1, 0.15) is 0 Å². The maximum absolute atomic E-state index is 13.6. The van der Waals surface area contributed by atoms with E-state index in [0.29, 0.717) is 17.7 Å². The quantitative estimate of drug-likeness (QED) is 0.597. The average Bonchev–Trinajstić information content (AvgIpc) is 3.43. The second kappa shape index (κ2) is 8.04. The highest BCUT2D eigenvalue weighted by Crippen LogP contribution is 2.45. The van der Waals surface area contributed by atoms with Gasteiger partial charge in [-0.05, 0) is 66.2 Å². The molecule has 5 rings (SSSR count). The van der Waals surface area contributed by atoms with Gasteiger partial charge in [-0.3, -0.25) is 9.93 Å². The number of fused-ring (bicyclic) bond motifs is 1. The van der Waals surface area contributed by atoms with E-state index >= 15 is 0 Å². The van der Waals surface area contributed by atoms with Crippen LogP contribution in [0.2, 0.25) is 0 Å². The smallest absolute Gasteiger partial charge is 0.268 e. The Morgan fingerprint density at radius 1 is 0.935 bits per heavy atom. The average molecular weight is 432 g/mol. The molecule has 0 aromatic heterocycles. The van der Waals surface area contributed by atoms with E-state index in [1.165, 1.54) is 18.5 Å². The Kier molecular flexibility index (Phi) is 5.22. The van der Waals surface area contributed by atoms with Crippen molar-refractivity contribution < 1.29 is 9.90 Å². The number of rotatable bonds is 5. The van der Waals surface area contributed by atoms with Crippen molar-refractivity contribution in [2.45, 2.75) is 29.9 Å². The summed E-state index contributed by atoms with van der Waals surface area (Å²) in [6.07, 6.45) is 2.48. The van der Waals surface area contributed by atoms with Crippen LogP contribution < -0.4 is 14.9 Å². The highest BCUT2D eigenvalue weighted by atomic mass is 32.2. The van der Waals surface area contributed by atoms with Crippen molar-refractivity contribution >= 4 is 29.2 Å². The Bertz CT molecular complexity index is 1090. The van der Waals surface area contributed by atoms with Crippen LogP contribution in [0.1, 0.15) is 29.5 Å². The molecular formula is C25H25N3O2S. The monoisotopic (exact) mass is 431 g/mol. The van der Waals surface area contributed by atoms with E-state index in [-0.39, 0.29) is 5.91 Å². The van der Waals surface area contributed by atoms with Crippen molar-refractivity contribution in [3.8, 4) is 0 Å². The molecule has 0 bridgehead atoms. The zero-order valence-corrected chi connectivity index (χ0v) is 18.0. The predicted octanol–water partition coefficient (Wildman–Crippen LogP) is 4.04. The minimum Gasteiger partial charge on any atom is -0.372 e. The highest BCUT2D eigenvalue weighted by molar-refractivity contribution is 7.97. The predicted molar refractivity (Wildman–Crippen MR) is 125 cm³/mol. The highest BCUT2D eigenvalue weighted by Gasteiger charge is 2.50. The summed E-state index contributed by atoms with van der Waals surface area (Å²) in [6, 6.07) is 23.1. The van der Waals surface area contributed by atoms with Gasteiger partial charge in [0.25, 0.3) is 5.91 Å². The molecule has 2 heterocycles. The number of carbonyl (C=O) groups excluding carboxylic acids is 1. The lowest BCUT2D eigenvalue weighted by Gasteiger charge is -2.24. The van der Waals surface area contributed by atoms with E-state index in [0.717, 1.165) is 41.2 Å². The van der Waals surface area contributed by atoms with Crippen LogP contribution in [-0.4, -0.2) is 24.1 Å². The molecule has 1 atom stereocenters. The fourth-order valence-electron chi connectivity index (χ4n) is 4.62. The van der Waals surface area contributed by atoms with Crippen LogP contribution in [0.4, 0.5) is 11.4 Å². The number of amides is 1. The third kappa shape index (κ3) is 3.41. The van der Waals surface area contributed by atoms with Crippen molar-refractivity contribution in [1.82, 2.24) is 0 Å². The number of nitrogens with zero attached hydrogens (tertiary/aromatic N) is 2. The summed E-state index contributed by atoms with van der Waals surface area (Å²) in [7, 11) is 0. The molecule has 6 heteroatoms. The van der Waals surface area contributed by atoms with E-state index in [1.807, 2.05) is 36.4 Å². The molecule has 0 radical (unpaired) electrons. The molecule has 0 saturated carbocycles. The van der Waals surface area contributed by atoms with Gasteiger partial charge in [-0.2, -0.15) is 0 Å². The first-order chi connectivity index (χ1) is 15.1. The number of benzene rings is 3. The summed E-state index contributed by atoms with van der Waals surface area (Å²) >= 11 is 1.14.